The molecule has 1 heterocycles. The van der Waals surface area contributed by atoms with E-state index in [1.165, 1.54) is 0 Å². The van der Waals surface area contributed by atoms with Crippen LogP contribution in [-0.2, 0) is 4.79 Å². The Kier molecular flexibility index (Phi) is 3.14. The monoisotopic (exact) mass is 274 g/mol. The topological polar surface area (TPSA) is 37.3 Å². The lowest BCUT2D eigenvalue weighted by Gasteiger charge is -2.25. The van der Waals surface area contributed by atoms with Gasteiger partial charge >= 0.3 is 12.1 Å². The van der Waals surface area contributed by atoms with Crippen LogP contribution in [0.25, 0.3) is 6.08 Å². The van der Waals surface area contributed by atoms with Crippen molar-refractivity contribution >= 4 is 23.8 Å². The molecule has 6 heteroatoms. The Morgan fingerprint density at radius 1 is 1.39 bits per heavy atom. The molecule has 0 radical (unpaired) electrons. The van der Waals surface area contributed by atoms with Gasteiger partial charge in [0, 0.05) is 4.90 Å². The molecule has 0 spiro atoms. The maximum Gasteiger partial charge on any atom is 0.405 e. The molecule has 2 nitrogen and oxygen atoms in total. The van der Waals surface area contributed by atoms with Crippen molar-refractivity contribution in [2.45, 2.75) is 23.2 Å². The number of benzene rings is 1. The van der Waals surface area contributed by atoms with Crippen molar-refractivity contribution in [1.82, 2.24) is 0 Å². The molecule has 0 fully saturated rings. The smallest absolute Gasteiger partial charge is 0.405 e. The molecule has 2 rings (SSSR count). The van der Waals surface area contributed by atoms with E-state index in [0.717, 1.165) is 11.6 Å². The van der Waals surface area contributed by atoms with Crippen LogP contribution in [-0.4, -0.2) is 22.5 Å². The predicted molar refractivity (Wildman–Crippen MR) is 62.5 cm³/mol. The Bertz CT molecular complexity index is 535. The van der Waals surface area contributed by atoms with Crippen LogP contribution >= 0.6 is 11.8 Å². The second-order valence-electron chi connectivity index (χ2n) is 3.99. The Morgan fingerprint density at radius 3 is 2.61 bits per heavy atom. The molecule has 1 atom stereocenters. The van der Waals surface area contributed by atoms with Crippen molar-refractivity contribution < 1.29 is 23.1 Å². The molecular weight excluding hydrogens is 265 g/mol. The Balaban J connectivity index is 2.53. The van der Waals surface area contributed by atoms with Crippen LogP contribution in [0.5, 0.6) is 0 Å². The summed E-state index contributed by atoms with van der Waals surface area (Å²) in [6, 6.07) is 4.97. The van der Waals surface area contributed by atoms with Crippen molar-refractivity contribution in [2.24, 2.45) is 0 Å². The number of carboxylic acids is 1. The summed E-state index contributed by atoms with van der Waals surface area (Å²) in [6.07, 6.45) is -3.46. The number of fused-ring (bicyclic) bond motifs is 1. The summed E-state index contributed by atoms with van der Waals surface area (Å²) in [5.41, 5.74) is 0.782. The molecule has 0 amide bonds. The summed E-state index contributed by atoms with van der Waals surface area (Å²) in [6.45, 7) is 1.80. The average Bonchev–Trinajstić information content (AvgIpc) is 2.25. The van der Waals surface area contributed by atoms with Gasteiger partial charge < -0.3 is 5.11 Å². The van der Waals surface area contributed by atoms with E-state index in [1.807, 2.05) is 0 Å². The minimum absolute atomic E-state index is 0.452. The van der Waals surface area contributed by atoms with Gasteiger partial charge in [0.15, 0.2) is 0 Å². The molecule has 0 saturated carbocycles. The first-order valence-corrected chi connectivity index (χ1v) is 5.96. The van der Waals surface area contributed by atoms with E-state index in [0.29, 0.717) is 22.2 Å². The largest absolute Gasteiger partial charge is 0.478 e. The third-order valence-corrected chi connectivity index (χ3v) is 3.93. The van der Waals surface area contributed by atoms with E-state index in [1.54, 1.807) is 25.1 Å². The van der Waals surface area contributed by atoms with Gasteiger partial charge in [-0.25, -0.2) is 4.79 Å². The van der Waals surface area contributed by atoms with Crippen molar-refractivity contribution in [2.75, 3.05) is 0 Å². The van der Waals surface area contributed by atoms with E-state index in [2.05, 4.69) is 0 Å². The number of alkyl halides is 3. The van der Waals surface area contributed by atoms with Crippen LogP contribution in [0.1, 0.15) is 11.1 Å². The highest BCUT2D eigenvalue weighted by atomic mass is 32.2. The summed E-state index contributed by atoms with van der Waals surface area (Å²) in [5, 5.41) is 6.88. The highest BCUT2D eigenvalue weighted by Gasteiger charge is 2.46. The molecule has 1 aromatic rings. The summed E-state index contributed by atoms with van der Waals surface area (Å²) in [5.74, 6) is -1.53. The Labute approximate surface area is 106 Å². The van der Waals surface area contributed by atoms with Crippen molar-refractivity contribution in [1.29, 1.82) is 0 Å². The lowest BCUT2D eigenvalue weighted by Crippen LogP contribution is -2.32. The fourth-order valence-corrected chi connectivity index (χ4v) is 2.82. The fraction of sp³-hybridized carbons (Fsp3) is 0.250. The molecule has 1 aliphatic heterocycles. The number of hydrogen-bond donors (Lipinski definition) is 1. The van der Waals surface area contributed by atoms with Crippen LogP contribution in [0.15, 0.2) is 28.7 Å². The van der Waals surface area contributed by atoms with Crippen LogP contribution in [0.3, 0.4) is 0 Å². The fourth-order valence-electron chi connectivity index (χ4n) is 1.74. The summed E-state index contributed by atoms with van der Waals surface area (Å²) < 4.78 is 38.4. The zero-order valence-corrected chi connectivity index (χ0v) is 10.1. The lowest BCUT2D eigenvalue weighted by molar-refractivity contribution is -0.140. The molecule has 0 bridgehead atoms. The van der Waals surface area contributed by atoms with Gasteiger partial charge in [0.25, 0.3) is 0 Å². The van der Waals surface area contributed by atoms with Crippen LogP contribution in [0, 0.1) is 6.92 Å². The van der Waals surface area contributed by atoms with Gasteiger partial charge in [-0.1, -0.05) is 17.7 Å². The van der Waals surface area contributed by atoms with Gasteiger partial charge in [0.05, 0.1) is 5.57 Å². The zero-order valence-electron chi connectivity index (χ0n) is 9.28. The van der Waals surface area contributed by atoms with Gasteiger partial charge in [0.2, 0.25) is 0 Å². The van der Waals surface area contributed by atoms with Crippen molar-refractivity contribution in [3.63, 3.8) is 0 Å². The number of rotatable bonds is 1. The summed E-state index contributed by atoms with van der Waals surface area (Å²) in [7, 11) is 0. The Morgan fingerprint density at radius 2 is 2.06 bits per heavy atom. The summed E-state index contributed by atoms with van der Waals surface area (Å²) >= 11 is 0.535. The number of thioether (sulfide) groups is 1. The third-order valence-electron chi connectivity index (χ3n) is 2.55. The second kappa shape index (κ2) is 4.35. The normalized spacial score (nSPS) is 19.1. The summed E-state index contributed by atoms with van der Waals surface area (Å²) in [4.78, 5) is 11.4. The van der Waals surface area contributed by atoms with Gasteiger partial charge in [-0.3, -0.25) is 0 Å². The first-order chi connectivity index (χ1) is 8.29. The standard InChI is InChI=1S/C12H9F3O2S/c1-6-2-3-9-7(4-6)5-8(11(16)17)10(18-9)12(13,14)15/h2-5,10H,1H3,(H,16,17)/t10-/m0/s1. The number of hydrogen-bond acceptors (Lipinski definition) is 2. The van der Waals surface area contributed by atoms with E-state index in [-0.39, 0.29) is 0 Å². The molecule has 1 aliphatic rings. The minimum atomic E-state index is -4.57. The van der Waals surface area contributed by atoms with Crippen LogP contribution in [0.2, 0.25) is 0 Å². The molecule has 96 valence electrons. The quantitative estimate of drug-likeness (QED) is 0.851. The first-order valence-electron chi connectivity index (χ1n) is 5.08. The second-order valence-corrected chi connectivity index (χ2v) is 5.13. The number of carboxylic acid groups (broad SMARTS) is 1. The molecule has 1 aromatic carbocycles. The number of aliphatic carboxylic acids is 1. The van der Waals surface area contributed by atoms with Gasteiger partial charge in [0.1, 0.15) is 5.25 Å². The molecule has 0 unspecified atom stereocenters. The molecule has 0 aromatic heterocycles. The Hall–Kier alpha value is -1.43. The van der Waals surface area contributed by atoms with Gasteiger partial charge in [-0.05, 0) is 24.6 Å². The average molecular weight is 274 g/mol. The SMILES string of the molecule is Cc1ccc2c(c1)C=C(C(=O)O)[C@@H](C(F)(F)F)S2. The number of aryl methyl sites for hydroxylation is 1. The lowest BCUT2D eigenvalue weighted by atomic mass is 10.0. The maximum absolute atomic E-state index is 12.8. The maximum atomic E-state index is 12.8. The van der Waals surface area contributed by atoms with Crippen molar-refractivity contribution in [3.8, 4) is 0 Å². The first kappa shape index (κ1) is 13.0. The van der Waals surface area contributed by atoms with Crippen LogP contribution in [0.4, 0.5) is 13.2 Å². The van der Waals surface area contributed by atoms with Crippen molar-refractivity contribution in [3.05, 3.63) is 34.9 Å². The van der Waals surface area contributed by atoms with Crippen LogP contribution < -0.4 is 0 Å². The predicted octanol–water partition coefficient (Wildman–Crippen LogP) is 3.50. The number of carbonyl (C=O) groups is 1. The van der Waals surface area contributed by atoms with E-state index >= 15 is 0 Å². The number of halogens is 3. The molecular formula is C12H9F3O2S. The third kappa shape index (κ3) is 2.38. The minimum Gasteiger partial charge on any atom is -0.478 e. The van der Waals surface area contributed by atoms with Gasteiger partial charge in [-0.15, -0.1) is 11.8 Å². The molecule has 0 aliphatic carbocycles. The zero-order chi connectivity index (χ0) is 13.5. The molecule has 1 N–H and O–H groups in total. The van der Waals surface area contributed by atoms with E-state index in [9.17, 15) is 18.0 Å². The van der Waals surface area contributed by atoms with Gasteiger partial charge in [-0.2, -0.15) is 13.2 Å². The molecule has 18 heavy (non-hydrogen) atoms. The van der Waals surface area contributed by atoms with E-state index in [4.69, 9.17) is 5.11 Å². The highest BCUT2D eigenvalue weighted by Crippen LogP contribution is 2.45. The van der Waals surface area contributed by atoms with E-state index < -0.39 is 23.0 Å². The highest BCUT2D eigenvalue weighted by molar-refractivity contribution is 8.00. The molecule has 0 saturated heterocycles.